The largest absolute Gasteiger partial charge is 0.464 e. The van der Waals surface area contributed by atoms with Gasteiger partial charge in [0.2, 0.25) is 0 Å². The van der Waals surface area contributed by atoms with E-state index in [1.54, 1.807) is 32.8 Å². The summed E-state index contributed by atoms with van der Waals surface area (Å²) in [6.07, 6.45) is 2.49. The molecule has 0 spiro atoms. The van der Waals surface area contributed by atoms with Gasteiger partial charge in [0.15, 0.2) is 0 Å². The van der Waals surface area contributed by atoms with Crippen LogP contribution in [0.25, 0.3) is 33.4 Å². The summed E-state index contributed by atoms with van der Waals surface area (Å²) in [5, 5.41) is 8.05. The number of nitrogens with one attached hydrogen (secondary N) is 2. The summed E-state index contributed by atoms with van der Waals surface area (Å²) in [4.78, 5) is 69.1. The van der Waals surface area contributed by atoms with Crippen molar-refractivity contribution in [2.75, 3.05) is 44.8 Å². The molecular formula is C52H64N8O8S. The Labute approximate surface area is 407 Å². The number of rotatable bonds is 8. The molecule has 3 atom stereocenters. The number of methoxy groups -OCH3 is 1. The molecule has 3 aromatic heterocycles. The Morgan fingerprint density at radius 2 is 1.80 bits per heavy atom. The predicted molar refractivity (Wildman–Crippen MR) is 263 cm³/mol. The number of hydrogen-bond donors (Lipinski definition) is 2. The first-order chi connectivity index (χ1) is 33.0. The van der Waals surface area contributed by atoms with Gasteiger partial charge in [-0.2, -0.15) is 0 Å². The minimum atomic E-state index is -1.01. The number of aryl methyl sites for hydroxylation is 1. The fourth-order valence-corrected chi connectivity index (χ4v) is 10.8. The number of esters is 1. The van der Waals surface area contributed by atoms with Gasteiger partial charge < -0.3 is 38.6 Å². The van der Waals surface area contributed by atoms with Gasteiger partial charge in [-0.1, -0.05) is 50.2 Å². The highest BCUT2D eigenvalue weighted by atomic mass is 32.1. The SMILES string of the molecule is CCn1c(-c2cc(N3CCN(C(=O)OCc4ccccc4)CC3)cnc2[C@H](C)OC)c2c3cc(ccc31)-c1csc(n1)C[C@H](NC(=O)OC(C)(C)C)C(=O)N1N[C@H](C(=O)OCC(C)(C)C2)C2CC1C2. The van der Waals surface area contributed by atoms with Gasteiger partial charge in [-0.15, -0.1) is 11.3 Å². The topological polar surface area (TPSA) is 170 Å². The molecule has 1 saturated carbocycles. The number of ether oxygens (including phenoxy) is 4. The first kappa shape index (κ1) is 48.0. The van der Waals surface area contributed by atoms with Crippen molar-refractivity contribution in [3.8, 4) is 22.5 Å². The summed E-state index contributed by atoms with van der Waals surface area (Å²) < 4.78 is 25.8. The Kier molecular flexibility index (Phi) is 13.5. The molecule has 10 rings (SSSR count). The van der Waals surface area contributed by atoms with Crippen LogP contribution in [0.1, 0.15) is 89.2 Å². The van der Waals surface area contributed by atoms with Crippen LogP contribution in [0.2, 0.25) is 0 Å². The third-order valence-corrected chi connectivity index (χ3v) is 14.6. The van der Waals surface area contributed by atoms with E-state index in [1.165, 1.54) is 16.3 Å². The summed E-state index contributed by atoms with van der Waals surface area (Å²) >= 11 is 1.43. The average Bonchev–Trinajstić information content (AvgIpc) is 3.92. The maximum absolute atomic E-state index is 14.4. The van der Waals surface area contributed by atoms with E-state index in [1.807, 2.05) is 48.8 Å². The molecule has 0 radical (unpaired) electrons. The van der Waals surface area contributed by atoms with Crippen LogP contribution < -0.4 is 15.6 Å². The molecule has 7 heterocycles. The van der Waals surface area contributed by atoms with Crippen LogP contribution in [0.15, 0.2) is 66.2 Å². The van der Waals surface area contributed by atoms with Crippen molar-refractivity contribution in [2.45, 2.75) is 117 Å². The number of fused-ring (bicyclic) bond motifs is 4. The van der Waals surface area contributed by atoms with E-state index < -0.39 is 35.2 Å². The van der Waals surface area contributed by atoms with E-state index in [0.29, 0.717) is 57.0 Å². The average molecular weight is 961 g/mol. The fraction of sp³-hybridized carbons (Fsp3) is 0.500. The third-order valence-electron chi connectivity index (χ3n) is 13.7. The van der Waals surface area contributed by atoms with Crippen LogP contribution in [0.4, 0.5) is 15.3 Å². The lowest BCUT2D eigenvalue weighted by molar-refractivity contribution is -0.170. The lowest BCUT2D eigenvalue weighted by Gasteiger charge is -2.53. The number of alkyl carbamates (subject to hydrolysis) is 1. The van der Waals surface area contributed by atoms with Gasteiger partial charge in [-0.05, 0) is 89.1 Å². The van der Waals surface area contributed by atoms with Crippen molar-refractivity contribution >= 4 is 52.0 Å². The number of carbonyl (C=O) groups is 4. The Bertz CT molecular complexity index is 2720. The molecule has 3 saturated heterocycles. The molecule has 4 aliphatic heterocycles. The molecule has 1 aliphatic carbocycles. The van der Waals surface area contributed by atoms with E-state index in [9.17, 15) is 19.2 Å². The number of hydrogen-bond acceptors (Lipinski definition) is 13. The number of anilines is 1. The lowest BCUT2D eigenvalue weighted by Crippen LogP contribution is -2.71. The Morgan fingerprint density at radius 3 is 2.51 bits per heavy atom. The van der Waals surface area contributed by atoms with E-state index in [-0.39, 0.29) is 49.7 Å². The quantitative estimate of drug-likeness (QED) is 0.114. The maximum atomic E-state index is 14.4. The number of pyridine rings is 1. The summed E-state index contributed by atoms with van der Waals surface area (Å²) in [5.74, 6) is -0.756. The number of aromatic nitrogens is 3. The van der Waals surface area contributed by atoms with Crippen LogP contribution in [0, 0.1) is 11.3 Å². The van der Waals surface area contributed by atoms with Crippen LogP contribution in [-0.2, 0) is 54.5 Å². The summed E-state index contributed by atoms with van der Waals surface area (Å²) in [6.45, 7) is 16.9. The van der Waals surface area contributed by atoms with Gasteiger partial charge in [0.05, 0.1) is 46.7 Å². The molecular weight excluding hydrogens is 897 g/mol. The zero-order valence-corrected chi connectivity index (χ0v) is 41.7. The summed E-state index contributed by atoms with van der Waals surface area (Å²) in [5.41, 5.74) is 10.3. The van der Waals surface area contributed by atoms with Gasteiger partial charge in [-0.3, -0.25) is 19.6 Å². The first-order valence-corrected chi connectivity index (χ1v) is 25.0. The van der Waals surface area contributed by atoms with Crippen LogP contribution >= 0.6 is 11.3 Å². The smallest absolute Gasteiger partial charge is 0.410 e. The Balaban J connectivity index is 1.09. The van der Waals surface area contributed by atoms with E-state index >= 15 is 0 Å². The standard InChI is InChI=1S/C52H64N8O8S/c1-9-59-42-16-15-33-23-37(42)39(46(59)38-24-36(27-53-44(38)31(2)65-8)57-17-19-58(20-18-57)50(64)66-28-32-13-11-10-12-14-32)26-52(6,7)30-67-48(62)45-34-21-35(22-34)60(56-45)47(61)40(25-43-54-41(33)29-69-43)55-49(63)68-51(3,4)5/h10-16,23-24,27,29,31,34-35,40,45,56H,9,17-22,25-26,28,30H2,1-8H3,(H,55,63)/t31-,34?,35?,40-,45-/m0/s1. The number of piperazine rings is 1. The molecule has 2 N–H and O–H groups in total. The van der Waals surface area contributed by atoms with E-state index in [2.05, 4.69) is 65.2 Å². The first-order valence-electron chi connectivity index (χ1n) is 24.1. The van der Waals surface area contributed by atoms with E-state index in [0.717, 1.165) is 55.9 Å². The third kappa shape index (κ3) is 10.2. The molecule has 3 amide bonds. The number of nitrogens with zero attached hydrogens (tertiary/aromatic N) is 6. The Hall–Kier alpha value is -6.04. The second-order valence-corrected chi connectivity index (χ2v) is 21.4. The number of cyclic esters (lactones) is 1. The number of thiazole rings is 1. The minimum absolute atomic E-state index is 0.0176. The van der Waals surface area contributed by atoms with Crippen molar-refractivity contribution in [3.63, 3.8) is 0 Å². The minimum Gasteiger partial charge on any atom is -0.464 e. The highest BCUT2D eigenvalue weighted by molar-refractivity contribution is 7.10. The Morgan fingerprint density at radius 1 is 1.04 bits per heavy atom. The van der Waals surface area contributed by atoms with Crippen molar-refractivity contribution in [1.82, 2.24) is 35.2 Å². The summed E-state index contributed by atoms with van der Waals surface area (Å²) in [7, 11) is 1.69. The molecule has 17 heteroatoms. The summed E-state index contributed by atoms with van der Waals surface area (Å²) in [6, 6.07) is 16.5. The predicted octanol–water partition coefficient (Wildman–Crippen LogP) is 8.07. The zero-order chi connectivity index (χ0) is 48.8. The number of amides is 3. The molecule has 366 valence electrons. The van der Waals surface area contributed by atoms with Gasteiger partial charge in [-0.25, -0.2) is 20.0 Å². The van der Waals surface area contributed by atoms with Gasteiger partial charge in [0.1, 0.15) is 24.3 Å². The van der Waals surface area contributed by atoms with Gasteiger partial charge in [0.25, 0.3) is 5.91 Å². The zero-order valence-electron chi connectivity index (χ0n) is 40.9. The van der Waals surface area contributed by atoms with Gasteiger partial charge >= 0.3 is 18.2 Å². The van der Waals surface area contributed by atoms with Crippen LogP contribution in [0.3, 0.4) is 0 Å². The molecule has 5 aromatic rings. The molecule has 2 aromatic carbocycles. The normalized spacial score (nSPS) is 22.1. The molecule has 5 aliphatic rings. The van der Waals surface area contributed by atoms with Crippen LogP contribution in [0.5, 0.6) is 0 Å². The molecule has 16 nitrogen and oxygen atoms in total. The van der Waals surface area contributed by atoms with Crippen molar-refractivity contribution in [1.29, 1.82) is 0 Å². The number of carbonyl (C=O) groups excluding carboxylic acids is 4. The molecule has 8 bridgehead atoms. The maximum Gasteiger partial charge on any atom is 0.410 e. The monoisotopic (exact) mass is 960 g/mol. The number of benzene rings is 2. The second-order valence-electron chi connectivity index (χ2n) is 20.5. The van der Waals surface area contributed by atoms with Crippen molar-refractivity contribution in [3.05, 3.63) is 88.0 Å². The van der Waals surface area contributed by atoms with Crippen molar-refractivity contribution < 1.29 is 38.1 Å². The fourth-order valence-electron chi connectivity index (χ4n) is 10.00. The van der Waals surface area contributed by atoms with Crippen LogP contribution in [-0.4, -0.2) is 112 Å². The van der Waals surface area contributed by atoms with E-state index in [4.69, 9.17) is 28.9 Å². The molecule has 0 unspecified atom stereocenters. The highest BCUT2D eigenvalue weighted by Gasteiger charge is 2.51. The van der Waals surface area contributed by atoms with Crippen molar-refractivity contribution in [2.24, 2.45) is 11.3 Å². The second kappa shape index (κ2) is 19.4. The molecule has 69 heavy (non-hydrogen) atoms. The number of hydrazine groups is 1. The lowest BCUT2D eigenvalue weighted by atomic mass is 9.73. The van der Waals surface area contributed by atoms with Gasteiger partial charge in [0, 0.05) is 85.1 Å². The molecule has 4 fully saturated rings. The highest BCUT2D eigenvalue weighted by Crippen LogP contribution is 2.44.